The predicted octanol–water partition coefficient (Wildman–Crippen LogP) is 2.68. The summed E-state index contributed by atoms with van der Waals surface area (Å²) in [5.74, 6) is 1.42. The smallest absolute Gasteiger partial charge is 0.407 e. The van der Waals surface area contributed by atoms with Gasteiger partial charge in [-0.25, -0.2) is 4.79 Å². The highest BCUT2D eigenvalue weighted by molar-refractivity contribution is 7.85. The number of hydrogen-bond donors (Lipinski definition) is 1. The Bertz CT molecular complexity index is 593. The Kier molecular flexibility index (Phi) is 4.40. The molecule has 1 N–H and O–H groups in total. The first-order valence-corrected chi connectivity index (χ1v) is 10.6. The number of carbonyl (C=O) groups is 1. The molecule has 6 nitrogen and oxygen atoms in total. The molecular formula is C17H29NO5S. The largest absolute Gasteiger partial charge is 0.444 e. The van der Waals surface area contributed by atoms with Gasteiger partial charge < -0.3 is 10.1 Å². The van der Waals surface area contributed by atoms with Crippen molar-refractivity contribution >= 4 is 16.2 Å². The molecule has 0 aromatic rings. The van der Waals surface area contributed by atoms with Crippen molar-refractivity contribution in [3.8, 4) is 0 Å². The van der Waals surface area contributed by atoms with Crippen molar-refractivity contribution < 1.29 is 22.1 Å². The molecular weight excluding hydrogens is 330 g/mol. The van der Waals surface area contributed by atoms with Crippen LogP contribution in [-0.2, 0) is 19.0 Å². The van der Waals surface area contributed by atoms with Gasteiger partial charge in [0.25, 0.3) is 10.1 Å². The Morgan fingerprint density at radius 1 is 1.17 bits per heavy atom. The second-order valence-corrected chi connectivity index (χ2v) is 10.8. The minimum Gasteiger partial charge on any atom is -0.444 e. The van der Waals surface area contributed by atoms with Gasteiger partial charge in [0.2, 0.25) is 0 Å². The van der Waals surface area contributed by atoms with Crippen LogP contribution in [0.5, 0.6) is 0 Å². The topological polar surface area (TPSA) is 81.7 Å². The molecule has 0 radical (unpaired) electrons. The monoisotopic (exact) mass is 359 g/mol. The van der Waals surface area contributed by atoms with E-state index in [4.69, 9.17) is 8.92 Å². The summed E-state index contributed by atoms with van der Waals surface area (Å²) < 4.78 is 33.3. The van der Waals surface area contributed by atoms with Crippen LogP contribution < -0.4 is 5.32 Å². The summed E-state index contributed by atoms with van der Waals surface area (Å²) in [5, 5.41) is 3.09. The first kappa shape index (κ1) is 18.0. The van der Waals surface area contributed by atoms with Crippen LogP contribution in [0.2, 0.25) is 0 Å². The number of ether oxygens (including phenoxy) is 1. The normalized spacial score (nSPS) is 38.2. The van der Waals surface area contributed by atoms with Crippen LogP contribution >= 0.6 is 0 Å². The van der Waals surface area contributed by atoms with Crippen molar-refractivity contribution in [1.29, 1.82) is 0 Å². The molecule has 138 valence electrons. The van der Waals surface area contributed by atoms with E-state index in [0.717, 1.165) is 38.4 Å². The summed E-state index contributed by atoms with van der Waals surface area (Å²) in [5.41, 5.74) is -0.535. The Balaban J connectivity index is 1.66. The molecule has 24 heavy (non-hydrogen) atoms. The number of alkyl carbamates (subject to hydrolysis) is 1. The molecule has 0 aromatic heterocycles. The summed E-state index contributed by atoms with van der Waals surface area (Å²) in [4.78, 5) is 12.2. The lowest BCUT2D eigenvalue weighted by molar-refractivity contribution is -0.0937. The van der Waals surface area contributed by atoms with Crippen LogP contribution in [0.4, 0.5) is 4.79 Å². The number of nitrogens with one attached hydrogen (secondary N) is 1. The zero-order valence-electron chi connectivity index (χ0n) is 15.0. The molecule has 0 heterocycles. The van der Waals surface area contributed by atoms with E-state index in [1.165, 1.54) is 0 Å². The molecule has 0 aliphatic heterocycles. The molecule has 4 aliphatic rings. The minimum atomic E-state index is -3.41. The van der Waals surface area contributed by atoms with E-state index in [0.29, 0.717) is 17.8 Å². The van der Waals surface area contributed by atoms with Crippen LogP contribution in [-0.4, -0.2) is 39.0 Å². The summed E-state index contributed by atoms with van der Waals surface area (Å²) in [6.45, 7) is 5.87. The Morgan fingerprint density at radius 2 is 1.75 bits per heavy atom. The zero-order valence-corrected chi connectivity index (χ0v) is 15.8. The van der Waals surface area contributed by atoms with Gasteiger partial charge in [-0.15, -0.1) is 0 Å². The maximum absolute atomic E-state index is 12.2. The molecule has 4 aliphatic carbocycles. The van der Waals surface area contributed by atoms with Gasteiger partial charge in [-0.2, -0.15) is 8.42 Å². The van der Waals surface area contributed by atoms with Gasteiger partial charge in [-0.05, 0) is 76.0 Å². The fraction of sp³-hybridized carbons (Fsp3) is 0.941. The predicted molar refractivity (Wildman–Crippen MR) is 89.9 cm³/mol. The van der Waals surface area contributed by atoms with Gasteiger partial charge in [0, 0.05) is 6.04 Å². The molecule has 4 rings (SSSR count). The van der Waals surface area contributed by atoms with E-state index in [-0.39, 0.29) is 24.2 Å². The number of rotatable bonds is 4. The van der Waals surface area contributed by atoms with Gasteiger partial charge in [0.1, 0.15) is 5.60 Å². The third-order valence-corrected chi connectivity index (χ3v) is 6.21. The van der Waals surface area contributed by atoms with Crippen molar-refractivity contribution in [2.24, 2.45) is 23.2 Å². The van der Waals surface area contributed by atoms with E-state index in [1.807, 2.05) is 20.8 Å². The zero-order chi connectivity index (χ0) is 17.8. The van der Waals surface area contributed by atoms with Crippen molar-refractivity contribution in [3.05, 3.63) is 0 Å². The molecule has 4 saturated carbocycles. The standard InChI is InChI=1S/C17H29NO5S/c1-16(2,3)23-15(19)18-14-12-5-11-6-13(14)9-17(7-11,8-12)10-22-24(4,20)21/h11-14H,5-10H2,1-4H3,(H,18,19)/t11?,12-,13+,14?,17?. The third-order valence-electron chi connectivity index (χ3n) is 5.66. The molecule has 4 bridgehead atoms. The van der Waals surface area contributed by atoms with Crippen molar-refractivity contribution in [1.82, 2.24) is 5.32 Å². The molecule has 5 atom stereocenters. The summed E-state index contributed by atoms with van der Waals surface area (Å²) in [7, 11) is -3.41. The fourth-order valence-corrected chi connectivity index (χ4v) is 5.74. The van der Waals surface area contributed by atoms with Crippen LogP contribution in [0, 0.1) is 23.2 Å². The molecule has 7 heteroatoms. The lowest BCUT2D eigenvalue weighted by atomic mass is 9.48. The van der Waals surface area contributed by atoms with E-state index in [2.05, 4.69) is 5.32 Å². The van der Waals surface area contributed by atoms with E-state index >= 15 is 0 Å². The van der Waals surface area contributed by atoms with Crippen molar-refractivity contribution in [3.63, 3.8) is 0 Å². The number of hydrogen-bond acceptors (Lipinski definition) is 5. The number of amides is 1. The quantitative estimate of drug-likeness (QED) is 0.781. The fourth-order valence-electron chi connectivity index (χ4n) is 5.28. The van der Waals surface area contributed by atoms with Gasteiger partial charge in [-0.3, -0.25) is 4.18 Å². The highest BCUT2D eigenvalue weighted by atomic mass is 32.2. The maximum Gasteiger partial charge on any atom is 0.407 e. The molecule has 0 saturated heterocycles. The summed E-state index contributed by atoms with van der Waals surface area (Å²) in [6.07, 6.45) is 5.89. The summed E-state index contributed by atoms with van der Waals surface area (Å²) >= 11 is 0. The highest BCUT2D eigenvalue weighted by Gasteiger charge is 2.56. The number of carbonyl (C=O) groups excluding carboxylic acids is 1. The van der Waals surface area contributed by atoms with Gasteiger partial charge in [0.05, 0.1) is 12.9 Å². The molecule has 0 aromatic carbocycles. The average Bonchev–Trinajstić information content (AvgIpc) is 2.37. The second kappa shape index (κ2) is 5.87. The molecule has 3 unspecified atom stereocenters. The Hall–Kier alpha value is -0.820. The van der Waals surface area contributed by atoms with Crippen molar-refractivity contribution in [2.75, 3.05) is 12.9 Å². The van der Waals surface area contributed by atoms with Gasteiger partial charge in [0.15, 0.2) is 0 Å². The van der Waals surface area contributed by atoms with Gasteiger partial charge >= 0.3 is 6.09 Å². The van der Waals surface area contributed by atoms with E-state index in [9.17, 15) is 13.2 Å². The van der Waals surface area contributed by atoms with E-state index in [1.54, 1.807) is 0 Å². The first-order chi connectivity index (χ1) is 10.9. The minimum absolute atomic E-state index is 0.0360. The van der Waals surface area contributed by atoms with E-state index < -0.39 is 15.7 Å². The Morgan fingerprint density at radius 3 is 2.25 bits per heavy atom. The second-order valence-electron chi connectivity index (χ2n) is 9.11. The summed E-state index contributed by atoms with van der Waals surface area (Å²) in [6, 6.07) is 0.141. The molecule has 1 amide bonds. The van der Waals surface area contributed by atoms with Crippen LogP contribution in [0.15, 0.2) is 0 Å². The van der Waals surface area contributed by atoms with Crippen LogP contribution in [0.25, 0.3) is 0 Å². The molecule has 4 fully saturated rings. The van der Waals surface area contributed by atoms with Crippen molar-refractivity contribution in [2.45, 2.75) is 64.5 Å². The lowest BCUT2D eigenvalue weighted by Gasteiger charge is -2.59. The van der Waals surface area contributed by atoms with Gasteiger partial charge in [-0.1, -0.05) is 0 Å². The Labute approximate surface area is 144 Å². The molecule has 0 spiro atoms. The third kappa shape index (κ3) is 4.04. The first-order valence-electron chi connectivity index (χ1n) is 8.79. The van der Waals surface area contributed by atoms with Crippen LogP contribution in [0.1, 0.15) is 52.9 Å². The average molecular weight is 359 g/mol. The SMILES string of the molecule is CC(C)(C)OC(=O)NC1[C@@H]2CC3C[C@H]1CC(COS(C)(=O)=O)(C3)C2. The highest BCUT2D eigenvalue weighted by Crippen LogP contribution is 2.60. The van der Waals surface area contributed by atoms with Crippen LogP contribution in [0.3, 0.4) is 0 Å². The lowest BCUT2D eigenvalue weighted by Crippen LogP contribution is -2.60. The maximum atomic E-state index is 12.2.